The van der Waals surface area contributed by atoms with Crippen molar-refractivity contribution in [1.82, 2.24) is 10.3 Å². The highest BCUT2D eigenvalue weighted by Crippen LogP contribution is 2.25. The normalized spacial score (nSPS) is 12.2. The highest BCUT2D eigenvalue weighted by atomic mass is 16.5. The van der Waals surface area contributed by atoms with Gasteiger partial charge in [0, 0.05) is 31.0 Å². The van der Waals surface area contributed by atoms with Gasteiger partial charge in [0.2, 0.25) is 0 Å². The molecular formula is C16H20N2O2. The van der Waals surface area contributed by atoms with Crippen molar-refractivity contribution in [2.24, 2.45) is 0 Å². The number of methoxy groups -OCH3 is 1. The fourth-order valence-corrected chi connectivity index (χ4v) is 2.08. The summed E-state index contributed by atoms with van der Waals surface area (Å²) >= 11 is 0. The van der Waals surface area contributed by atoms with E-state index < -0.39 is 6.10 Å². The first kappa shape index (κ1) is 14.5. The third-order valence-electron chi connectivity index (χ3n) is 3.13. The van der Waals surface area contributed by atoms with Crippen molar-refractivity contribution >= 4 is 0 Å². The van der Waals surface area contributed by atoms with Crippen LogP contribution in [0.4, 0.5) is 0 Å². The second-order valence-electron chi connectivity index (χ2n) is 4.75. The Morgan fingerprint density at radius 3 is 2.90 bits per heavy atom. The topological polar surface area (TPSA) is 54.4 Å². The Hall–Kier alpha value is -1.91. The quantitative estimate of drug-likeness (QED) is 0.846. The van der Waals surface area contributed by atoms with Gasteiger partial charge in [-0.25, -0.2) is 0 Å². The van der Waals surface area contributed by atoms with Crippen molar-refractivity contribution in [3.8, 4) is 5.75 Å². The number of pyridine rings is 1. The van der Waals surface area contributed by atoms with E-state index in [4.69, 9.17) is 4.74 Å². The molecule has 0 fully saturated rings. The van der Waals surface area contributed by atoms with Gasteiger partial charge in [-0.15, -0.1) is 0 Å². The van der Waals surface area contributed by atoms with Gasteiger partial charge >= 0.3 is 0 Å². The molecule has 4 nitrogen and oxygen atoms in total. The Labute approximate surface area is 119 Å². The van der Waals surface area contributed by atoms with Crippen LogP contribution in [-0.2, 0) is 6.54 Å². The summed E-state index contributed by atoms with van der Waals surface area (Å²) in [6.45, 7) is 3.15. The van der Waals surface area contributed by atoms with Crippen molar-refractivity contribution < 1.29 is 9.84 Å². The molecule has 20 heavy (non-hydrogen) atoms. The molecule has 2 rings (SSSR count). The van der Waals surface area contributed by atoms with Crippen LogP contribution in [0.3, 0.4) is 0 Å². The number of nitrogens with one attached hydrogen (secondary N) is 1. The van der Waals surface area contributed by atoms with Crippen molar-refractivity contribution in [1.29, 1.82) is 0 Å². The van der Waals surface area contributed by atoms with E-state index in [-0.39, 0.29) is 0 Å². The van der Waals surface area contributed by atoms with E-state index in [1.807, 2.05) is 43.5 Å². The number of rotatable bonds is 6. The van der Waals surface area contributed by atoms with Crippen molar-refractivity contribution in [3.05, 3.63) is 59.4 Å². The summed E-state index contributed by atoms with van der Waals surface area (Å²) in [5.41, 5.74) is 3.01. The second kappa shape index (κ2) is 7.03. The molecule has 0 saturated heterocycles. The number of aliphatic hydroxyl groups excluding tert-OH is 1. The van der Waals surface area contributed by atoms with Crippen LogP contribution < -0.4 is 10.1 Å². The molecule has 0 aliphatic carbocycles. The number of aryl methyl sites for hydroxylation is 1. The molecule has 1 heterocycles. The maximum absolute atomic E-state index is 10.3. The number of ether oxygens (including phenoxy) is 1. The average Bonchev–Trinajstić information content (AvgIpc) is 2.48. The number of hydrogen-bond acceptors (Lipinski definition) is 4. The summed E-state index contributed by atoms with van der Waals surface area (Å²) in [4.78, 5) is 4.06. The van der Waals surface area contributed by atoms with E-state index in [0.29, 0.717) is 18.8 Å². The molecule has 0 radical (unpaired) electrons. The predicted molar refractivity (Wildman–Crippen MR) is 78.6 cm³/mol. The molecule has 1 atom stereocenters. The van der Waals surface area contributed by atoms with Gasteiger partial charge in [-0.3, -0.25) is 4.98 Å². The van der Waals surface area contributed by atoms with Crippen molar-refractivity contribution in [3.63, 3.8) is 0 Å². The van der Waals surface area contributed by atoms with Crippen LogP contribution in [0.2, 0.25) is 0 Å². The summed E-state index contributed by atoms with van der Waals surface area (Å²) in [5, 5.41) is 13.5. The fraction of sp³-hybridized carbons (Fsp3) is 0.312. The first-order valence-corrected chi connectivity index (χ1v) is 6.63. The van der Waals surface area contributed by atoms with Gasteiger partial charge < -0.3 is 15.2 Å². The Kier molecular flexibility index (Phi) is 5.09. The summed E-state index contributed by atoms with van der Waals surface area (Å²) in [7, 11) is 1.62. The molecule has 1 unspecified atom stereocenters. The lowest BCUT2D eigenvalue weighted by atomic mass is 10.1. The zero-order chi connectivity index (χ0) is 14.4. The van der Waals surface area contributed by atoms with Gasteiger partial charge in [-0.1, -0.05) is 17.7 Å². The molecule has 1 aromatic carbocycles. The van der Waals surface area contributed by atoms with Gasteiger partial charge in [0.05, 0.1) is 13.2 Å². The molecule has 0 spiro atoms. The van der Waals surface area contributed by atoms with E-state index in [1.165, 1.54) is 0 Å². The molecule has 0 saturated carbocycles. The Morgan fingerprint density at radius 1 is 1.35 bits per heavy atom. The zero-order valence-electron chi connectivity index (χ0n) is 11.8. The SMILES string of the molecule is COc1ccc(C)cc1C(O)CNCc1cccnc1. The fourth-order valence-electron chi connectivity index (χ4n) is 2.08. The van der Waals surface area contributed by atoms with Crippen molar-refractivity contribution in [2.75, 3.05) is 13.7 Å². The van der Waals surface area contributed by atoms with Crippen LogP contribution in [0.15, 0.2) is 42.7 Å². The summed E-state index contributed by atoms with van der Waals surface area (Å²) in [6, 6.07) is 9.71. The van der Waals surface area contributed by atoms with Gasteiger partial charge in [0.25, 0.3) is 0 Å². The molecule has 2 N–H and O–H groups in total. The van der Waals surface area contributed by atoms with Crippen LogP contribution in [-0.4, -0.2) is 23.7 Å². The molecule has 1 aromatic heterocycles. The van der Waals surface area contributed by atoms with Gasteiger partial charge in [0.15, 0.2) is 0 Å². The Balaban J connectivity index is 1.95. The summed E-state index contributed by atoms with van der Waals surface area (Å²) in [5.74, 6) is 0.714. The number of hydrogen-bond donors (Lipinski definition) is 2. The van der Waals surface area contributed by atoms with Gasteiger partial charge in [-0.05, 0) is 30.7 Å². The average molecular weight is 272 g/mol. The molecular weight excluding hydrogens is 252 g/mol. The van der Waals surface area contributed by atoms with Crippen LogP contribution in [0.1, 0.15) is 22.8 Å². The molecule has 106 valence electrons. The molecule has 0 aliphatic rings. The number of aromatic nitrogens is 1. The van der Waals surface area contributed by atoms with Crippen LogP contribution in [0, 0.1) is 6.92 Å². The maximum Gasteiger partial charge on any atom is 0.124 e. The van der Waals surface area contributed by atoms with Crippen molar-refractivity contribution in [2.45, 2.75) is 19.6 Å². The van der Waals surface area contributed by atoms with E-state index in [9.17, 15) is 5.11 Å². The lowest BCUT2D eigenvalue weighted by Gasteiger charge is -2.16. The van der Waals surface area contributed by atoms with Crippen LogP contribution >= 0.6 is 0 Å². The number of benzene rings is 1. The highest BCUT2D eigenvalue weighted by molar-refractivity contribution is 5.38. The minimum Gasteiger partial charge on any atom is -0.496 e. The number of aliphatic hydroxyl groups is 1. The lowest BCUT2D eigenvalue weighted by Crippen LogP contribution is -2.21. The minimum atomic E-state index is -0.596. The standard InChI is InChI=1S/C16H20N2O2/c1-12-5-6-16(20-2)14(8-12)15(19)11-18-10-13-4-3-7-17-9-13/h3-9,15,18-19H,10-11H2,1-2H3. The highest BCUT2D eigenvalue weighted by Gasteiger charge is 2.13. The molecule has 4 heteroatoms. The molecule has 0 bridgehead atoms. The third-order valence-corrected chi connectivity index (χ3v) is 3.13. The molecule has 0 aliphatic heterocycles. The van der Waals surface area contributed by atoms with Crippen LogP contribution in [0.25, 0.3) is 0 Å². The Bertz CT molecular complexity index is 543. The van der Waals surface area contributed by atoms with Gasteiger partial charge in [0.1, 0.15) is 5.75 Å². The van der Waals surface area contributed by atoms with E-state index in [2.05, 4.69) is 10.3 Å². The monoisotopic (exact) mass is 272 g/mol. The minimum absolute atomic E-state index is 0.467. The Morgan fingerprint density at radius 2 is 2.20 bits per heavy atom. The van der Waals surface area contributed by atoms with E-state index in [1.54, 1.807) is 13.3 Å². The maximum atomic E-state index is 10.3. The zero-order valence-corrected chi connectivity index (χ0v) is 11.8. The molecule has 0 amide bonds. The third kappa shape index (κ3) is 3.79. The van der Waals surface area contributed by atoms with E-state index in [0.717, 1.165) is 16.7 Å². The van der Waals surface area contributed by atoms with Gasteiger partial charge in [-0.2, -0.15) is 0 Å². The van der Waals surface area contributed by atoms with E-state index >= 15 is 0 Å². The summed E-state index contributed by atoms with van der Waals surface area (Å²) < 4.78 is 5.29. The first-order chi connectivity index (χ1) is 9.70. The first-order valence-electron chi connectivity index (χ1n) is 6.63. The predicted octanol–water partition coefficient (Wildman–Crippen LogP) is 2.22. The van der Waals surface area contributed by atoms with Crippen LogP contribution in [0.5, 0.6) is 5.75 Å². The second-order valence-corrected chi connectivity index (χ2v) is 4.75. The largest absolute Gasteiger partial charge is 0.496 e. The smallest absolute Gasteiger partial charge is 0.124 e. The lowest BCUT2D eigenvalue weighted by molar-refractivity contribution is 0.170. The summed E-state index contributed by atoms with van der Waals surface area (Å²) in [6.07, 6.45) is 2.96. The number of nitrogens with zero attached hydrogens (tertiary/aromatic N) is 1. The molecule has 2 aromatic rings.